The first kappa shape index (κ1) is 18.9. The van der Waals surface area contributed by atoms with Crippen LogP contribution in [0.3, 0.4) is 0 Å². The van der Waals surface area contributed by atoms with Crippen LogP contribution >= 0.6 is 0 Å². The van der Waals surface area contributed by atoms with E-state index in [2.05, 4.69) is 44.8 Å². The van der Waals surface area contributed by atoms with E-state index in [4.69, 9.17) is 0 Å². The number of aliphatic hydroxyl groups excluding tert-OH is 1. The van der Waals surface area contributed by atoms with Gasteiger partial charge in [0.15, 0.2) is 0 Å². The van der Waals surface area contributed by atoms with Crippen molar-refractivity contribution in [3.05, 3.63) is 0 Å². The van der Waals surface area contributed by atoms with Crippen molar-refractivity contribution in [2.75, 3.05) is 32.8 Å². The molecule has 0 heterocycles. The minimum atomic E-state index is -0.105. The second kappa shape index (κ2) is 10.6. The Balaban J connectivity index is 4.01. The molecule has 0 amide bonds. The van der Waals surface area contributed by atoms with Crippen LogP contribution in [0.25, 0.3) is 0 Å². The Labute approximate surface area is 120 Å². The van der Waals surface area contributed by atoms with Gasteiger partial charge < -0.3 is 15.3 Å². The lowest BCUT2D eigenvalue weighted by Crippen LogP contribution is -2.46. The van der Waals surface area contributed by atoms with E-state index in [9.17, 15) is 5.11 Å². The molecule has 0 aromatic carbocycles. The van der Waals surface area contributed by atoms with Gasteiger partial charge in [0.1, 0.15) is 0 Å². The van der Waals surface area contributed by atoms with E-state index in [-0.39, 0.29) is 12.1 Å². The van der Waals surface area contributed by atoms with E-state index >= 15 is 0 Å². The average molecular weight is 272 g/mol. The number of aliphatic hydroxyl groups is 1. The van der Waals surface area contributed by atoms with E-state index in [1.54, 1.807) is 0 Å². The van der Waals surface area contributed by atoms with Crippen molar-refractivity contribution < 1.29 is 5.11 Å². The van der Waals surface area contributed by atoms with Gasteiger partial charge in [0.2, 0.25) is 0 Å². The van der Waals surface area contributed by atoms with Crippen LogP contribution < -0.4 is 5.32 Å². The Hall–Kier alpha value is -0.120. The molecular weight excluding hydrogens is 236 g/mol. The van der Waals surface area contributed by atoms with Gasteiger partial charge in [0, 0.05) is 12.1 Å². The molecule has 3 heteroatoms. The largest absolute Gasteiger partial charge is 0.394 e. The molecule has 2 unspecified atom stereocenters. The first-order valence-corrected chi connectivity index (χ1v) is 8.09. The van der Waals surface area contributed by atoms with Crippen molar-refractivity contribution in [1.29, 1.82) is 0 Å². The fourth-order valence-electron chi connectivity index (χ4n) is 2.29. The van der Waals surface area contributed by atoms with E-state index in [1.807, 2.05) is 0 Å². The van der Waals surface area contributed by atoms with Crippen molar-refractivity contribution in [3.63, 3.8) is 0 Å². The Morgan fingerprint density at radius 3 is 2.42 bits per heavy atom. The molecule has 0 radical (unpaired) electrons. The standard InChI is InChI=1S/C16H36N2O/c1-6-11-17-16(5,14-19)10-9-12-18(8-3)13-15(4)7-2/h15,17,19H,6-14H2,1-5H3. The molecule has 19 heavy (non-hydrogen) atoms. The average Bonchev–Trinajstić information content (AvgIpc) is 2.43. The topological polar surface area (TPSA) is 35.5 Å². The Kier molecular flexibility index (Phi) is 10.6. The van der Waals surface area contributed by atoms with Crippen LogP contribution in [0.5, 0.6) is 0 Å². The Morgan fingerprint density at radius 1 is 1.26 bits per heavy atom. The lowest BCUT2D eigenvalue weighted by Gasteiger charge is -2.30. The summed E-state index contributed by atoms with van der Waals surface area (Å²) in [6.45, 7) is 15.8. The predicted molar refractivity (Wildman–Crippen MR) is 84.6 cm³/mol. The zero-order valence-electron chi connectivity index (χ0n) is 13.8. The van der Waals surface area contributed by atoms with Gasteiger partial charge in [0.05, 0.1) is 6.61 Å². The molecule has 0 aliphatic carbocycles. The van der Waals surface area contributed by atoms with Crippen LogP contribution in [0, 0.1) is 5.92 Å². The van der Waals surface area contributed by atoms with Gasteiger partial charge in [-0.25, -0.2) is 0 Å². The molecule has 2 N–H and O–H groups in total. The highest BCUT2D eigenvalue weighted by molar-refractivity contribution is 4.82. The number of hydrogen-bond acceptors (Lipinski definition) is 3. The molecular formula is C16H36N2O. The summed E-state index contributed by atoms with van der Waals surface area (Å²) < 4.78 is 0. The zero-order chi connectivity index (χ0) is 14.7. The molecule has 0 bridgehead atoms. The third kappa shape index (κ3) is 8.61. The minimum absolute atomic E-state index is 0.105. The monoisotopic (exact) mass is 272 g/mol. The van der Waals surface area contributed by atoms with Crippen molar-refractivity contribution in [3.8, 4) is 0 Å². The smallest absolute Gasteiger partial charge is 0.0610 e. The molecule has 0 rings (SSSR count). The number of rotatable bonds is 12. The highest BCUT2D eigenvalue weighted by Gasteiger charge is 2.21. The Bertz CT molecular complexity index is 211. The SMILES string of the molecule is CCCNC(C)(CO)CCCN(CC)CC(C)CC. The van der Waals surface area contributed by atoms with Crippen molar-refractivity contribution >= 4 is 0 Å². The van der Waals surface area contributed by atoms with Crippen LogP contribution in [0.1, 0.15) is 60.3 Å². The summed E-state index contributed by atoms with van der Waals surface area (Å²) in [4.78, 5) is 2.53. The first-order chi connectivity index (χ1) is 9.01. The fraction of sp³-hybridized carbons (Fsp3) is 1.00. The summed E-state index contributed by atoms with van der Waals surface area (Å²) in [6, 6.07) is 0. The molecule has 0 aliphatic rings. The zero-order valence-corrected chi connectivity index (χ0v) is 13.8. The first-order valence-electron chi connectivity index (χ1n) is 8.09. The summed E-state index contributed by atoms with van der Waals surface area (Å²) in [5, 5.41) is 13.0. The summed E-state index contributed by atoms with van der Waals surface area (Å²) in [7, 11) is 0. The highest BCUT2D eigenvalue weighted by atomic mass is 16.3. The molecule has 3 nitrogen and oxygen atoms in total. The van der Waals surface area contributed by atoms with Crippen LogP contribution in [-0.4, -0.2) is 48.3 Å². The van der Waals surface area contributed by atoms with Crippen molar-refractivity contribution in [2.24, 2.45) is 5.92 Å². The maximum atomic E-state index is 9.54. The molecule has 116 valence electrons. The normalized spacial score (nSPS) is 16.6. The van der Waals surface area contributed by atoms with E-state index in [0.29, 0.717) is 0 Å². The quantitative estimate of drug-likeness (QED) is 0.573. The van der Waals surface area contributed by atoms with Crippen LogP contribution in [0.15, 0.2) is 0 Å². The Morgan fingerprint density at radius 2 is 1.95 bits per heavy atom. The molecule has 0 spiro atoms. The highest BCUT2D eigenvalue weighted by Crippen LogP contribution is 2.13. The summed E-state index contributed by atoms with van der Waals surface area (Å²) in [5.74, 6) is 0.780. The van der Waals surface area contributed by atoms with E-state index in [0.717, 1.165) is 44.8 Å². The molecule has 0 saturated heterocycles. The molecule has 0 fully saturated rings. The van der Waals surface area contributed by atoms with Crippen LogP contribution in [-0.2, 0) is 0 Å². The third-order valence-corrected chi connectivity index (χ3v) is 4.07. The maximum Gasteiger partial charge on any atom is 0.0610 e. The second-order valence-corrected chi connectivity index (χ2v) is 6.16. The van der Waals surface area contributed by atoms with Crippen LogP contribution in [0.4, 0.5) is 0 Å². The van der Waals surface area contributed by atoms with E-state index in [1.165, 1.54) is 13.0 Å². The summed E-state index contributed by atoms with van der Waals surface area (Å²) in [6.07, 6.45) is 4.56. The van der Waals surface area contributed by atoms with Gasteiger partial charge in [0.25, 0.3) is 0 Å². The van der Waals surface area contributed by atoms with Crippen LogP contribution in [0.2, 0.25) is 0 Å². The molecule has 0 aromatic heterocycles. The second-order valence-electron chi connectivity index (χ2n) is 6.16. The summed E-state index contributed by atoms with van der Waals surface area (Å²) in [5.41, 5.74) is -0.105. The van der Waals surface area contributed by atoms with Crippen molar-refractivity contribution in [2.45, 2.75) is 65.8 Å². The maximum absolute atomic E-state index is 9.54. The summed E-state index contributed by atoms with van der Waals surface area (Å²) >= 11 is 0. The van der Waals surface area contributed by atoms with Gasteiger partial charge >= 0.3 is 0 Å². The van der Waals surface area contributed by atoms with Gasteiger partial charge in [-0.3, -0.25) is 0 Å². The number of nitrogens with zero attached hydrogens (tertiary/aromatic N) is 1. The van der Waals surface area contributed by atoms with Gasteiger partial charge in [-0.1, -0.05) is 34.1 Å². The third-order valence-electron chi connectivity index (χ3n) is 4.07. The van der Waals surface area contributed by atoms with Gasteiger partial charge in [-0.2, -0.15) is 0 Å². The minimum Gasteiger partial charge on any atom is -0.394 e. The molecule has 0 aliphatic heterocycles. The van der Waals surface area contributed by atoms with Gasteiger partial charge in [-0.15, -0.1) is 0 Å². The number of nitrogens with one attached hydrogen (secondary N) is 1. The molecule has 0 aromatic rings. The molecule has 0 saturated carbocycles. The number of hydrogen-bond donors (Lipinski definition) is 2. The van der Waals surface area contributed by atoms with Gasteiger partial charge in [-0.05, 0) is 51.7 Å². The van der Waals surface area contributed by atoms with Crippen molar-refractivity contribution in [1.82, 2.24) is 10.2 Å². The lowest BCUT2D eigenvalue weighted by atomic mass is 9.96. The fourth-order valence-corrected chi connectivity index (χ4v) is 2.29. The molecule has 2 atom stereocenters. The lowest BCUT2D eigenvalue weighted by molar-refractivity contribution is 0.154. The van der Waals surface area contributed by atoms with E-state index < -0.39 is 0 Å². The predicted octanol–water partition coefficient (Wildman–Crippen LogP) is 2.89.